The molecular formula is C8H9Cl2N3-2. The molecular weight excluding hydrogens is 209 g/mol. The Balaban J connectivity index is 0.000000720. The Bertz CT molecular complexity index is 397. The van der Waals surface area contributed by atoms with Crippen LogP contribution in [0.1, 0.15) is 0 Å². The van der Waals surface area contributed by atoms with Gasteiger partial charge in [-0.15, -0.1) is 0 Å². The van der Waals surface area contributed by atoms with Gasteiger partial charge in [0, 0.05) is 12.7 Å². The maximum absolute atomic E-state index is 5.58. The molecule has 0 aliphatic rings. The second-order valence-corrected chi connectivity index (χ2v) is 2.60. The number of aryl methyl sites for hydroxylation is 1. The van der Waals surface area contributed by atoms with Gasteiger partial charge in [0.25, 0.3) is 0 Å². The molecule has 1 heterocycles. The van der Waals surface area contributed by atoms with Crippen LogP contribution >= 0.6 is 0 Å². The van der Waals surface area contributed by atoms with Crippen molar-refractivity contribution in [2.75, 3.05) is 5.73 Å². The highest BCUT2D eigenvalue weighted by atomic mass is 35.5. The Labute approximate surface area is 88.8 Å². The Hall–Kier alpha value is -0.930. The van der Waals surface area contributed by atoms with E-state index in [2.05, 4.69) is 4.98 Å². The van der Waals surface area contributed by atoms with Crippen LogP contribution in [0.2, 0.25) is 0 Å². The summed E-state index contributed by atoms with van der Waals surface area (Å²) < 4.78 is 1.97. The second-order valence-electron chi connectivity index (χ2n) is 2.60. The van der Waals surface area contributed by atoms with Crippen molar-refractivity contribution in [2.24, 2.45) is 7.05 Å². The number of rotatable bonds is 0. The molecule has 0 amide bonds. The van der Waals surface area contributed by atoms with Crippen molar-refractivity contribution in [1.82, 2.24) is 9.55 Å². The lowest BCUT2D eigenvalue weighted by molar-refractivity contribution is -0.00100. The molecule has 0 aliphatic carbocycles. The van der Waals surface area contributed by atoms with Crippen molar-refractivity contribution >= 4 is 16.7 Å². The molecule has 2 N–H and O–H groups in total. The van der Waals surface area contributed by atoms with Crippen LogP contribution in [0.3, 0.4) is 0 Å². The van der Waals surface area contributed by atoms with E-state index in [1.807, 2.05) is 29.8 Å². The minimum absolute atomic E-state index is 0. The fourth-order valence-corrected chi connectivity index (χ4v) is 1.15. The SMILES string of the molecule is Cn1cnc2cc(N)ccc21.[Cl-].[Cl-]. The summed E-state index contributed by atoms with van der Waals surface area (Å²) >= 11 is 0. The van der Waals surface area contributed by atoms with Crippen LogP contribution in [0.15, 0.2) is 24.5 Å². The smallest absolute Gasteiger partial charge is 0.0955 e. The summed E-state index contributed by atoms with van der Waals surface area (Å²) in [5.74, 6) is 0. The molecule has 1 aromatic carbocycles. The standard InChI is InChI=1S/C8H9N3.2ClH/c1-11-5-10-7-4-6(9)2-3-8(7)11;;/h2-5H,9H2,1H3;2*1H/p-2. The van der Waals surface area contributed by atoms with Crippen LogP contribution in [0.5, 0.6) is 0 Å². The molecule has 72 valence electrons. The molecule has 3 nitrogen and oxygen atoms in total. The van der Waals surface area contributed by atoms with Gasteiger partial charge in [-0.1, -0.05) is 0 Å². The van der Waals surface area contributed by atoms with E-state index in [0.717, 1.165) is 16.7 Å². The highest BCUT2D eigenvalue weighted by Gasteiger charge is 1.97. The molecule has 2 aromatic rings. The van der Waals surface area contributed by atoms with Crippen molar-refractivity contribution in [3.05, 3.63) is 24.5 Å². The summed E-state index contributed by atoms with van der Waals surface area (Å²) in [5.41, 5.74) is 8.41. The molecule has 0 fully saturated rings. The monoisotopic (exact) mass is 217 g/mol. The zero-order valence-corrected chi connectivity index (χ0v) is 8.55. The fraction of sp³-hybridized carbons (Fsp3) is 0.125. The molecule has 0 spiro atoms. The lowest BCUT2D eigenvalue weighted by atomic mass is 10.3. The molecule has 0 unspecified atom stereocenters. The molecule has 0 aliphatic heterocycles. The van der Waals surface area contributed by atoms with E-state index in [0.29, 0.717) is 0 Å². The van der Waals surface area contributed by atoms with E-state index in [-0.39, 0.29) is 24.8 Å². The first kappa shape index (κ1) is 12.1. The van der Waals surface area contributed by atoms with E-state index in [1.165, 1.54) is 0 Å². The predicted molar refractivity (Wildman–Crippen MR) is 45.1 cm³/mol. The molecule has 0 saturated carbocycles. The number of aromatic nitrogens is 2. The average molecular weight is 218 g/mol. The number of hydrogen-bond acceptors (Lipinski definition) is 2. The van der Waals surface area contributed by atoms with Crippen LogP contribution < -0.4 is 30.5 Å². The topological polar surface area (TPSA) is 43.8 Å². The molecule has 0 bridgehead atoms. The second kappa shape index (κ2) is 4.35. The summed E-state index contributed by atoms with van der Waals surface area (Å²) in [6.07, 6.45) is 1.78. The normalized spacial score (nSPS) is 9.00. The minimum atomic E-state index is 0. The number of benzene rings is 1. The van der Waals surface area contributed by atoms with Gasteiger partial charge in [0.15, 0.2) is 0 Å². The van der Waals surface area contributed by atoms with E-state index in [4.69, 9.17) is 5.73 Å². The third-order valence-corrected chi connectivity index (χ3v) is 1.75. The zero-order valence-electron chi connectivity index (χ0n) is 7.04. The van der Waals surface area contributed by atoms with E-state index in [9.17, 15) is 0 Å². The van der Waals surface area contributed by atoms with Crippen LogP contribution in [-0.2, 0) is 7.05 Å². The number of nitrogens with two attached hydrogens (primary N) is 1. The van der Waals surface area contributed by atoms with Crippen molar-refractivity contribution in [1.29, 1.82) is 0 Å². The van der Waals surface area contributed by atoms with Gasteiger partial charge in [0.2, 0.25) is 0 Å². The number of nitrogen functional groups attached to an aromatic ring is 1. The highest BCUT2D eigenvalue weighted by Crippen LogP contribution is 2.14. The molecule has 1 aromatic heterocycles. The van der Waals surface area contributed by atoms with E-state index >= 15 is 0 Å². The zero-order chi connectivity index (χ0) is 7.84. The quantitative estimate of drug-likeness (QED) is 0.451. The van der Waals surface area contributed by atoms with Crippen LogP contribution in [0, 0.1) is 0 Å². The summed E-state index contributed by atoms with van der Waals surface area (Å²) in [5, 5.41) is 0. The molecule has 5 heteroatoms. The van der Waals surface area contributed by atoms with E-state index < -0.39 is 0 Å². The van der Waals surface area contributed by atoms with Crippen molar-refractivity contribution < 1.29 is 24.8 Å². The minimum Gasteiger partial charge on any atom is -1.00 e. The fourth-order valence-electron chi connectivity index (χ4n) is 1.15. The molecule has 0 atom stereocenters. The van der Waals surface area contributed by atoms with Crippen molar-refractivity contribution in [3.8, 4) is 0 Å². The first-order chi connectivity index (χ1) is 5.27. The van der Waals surface area contributed by atoms with Crippen LogP contribution in [0.4, 0.5) is 5.69 Å². The van der Waals surface area contributed by atoms with E-state index in [1.54, 1.807) is 6.33 Å². The summed E-state index contributed by atoms with van der Waals surface area (Å²) in [6.45, 7) is 0. The highest BCUT2D eigenvalue weighted by molar-refractivity contribution is 5.78. The average Bonchev–Trinajstić information content (AvgIpc) is 2.32. The molecule has 2 rings (SSSR count). The third kappa shape index (κ3) is 2.05. The lowest BCUT2D eigenvalue weighted by Gasteiger charge is -1.94. The number of nitrogens with zero attached hydrogens (tertiary/aromatic N) is 2. The van der Waals surface area contributed by atoms with Crippen molar-refractivity contribution in [3.63, 3.8) is 0 Å². The summed E-state index contributed by atoms with van der Waals surface area (Å²) in [7, 11) is 1.96. The third-order valence-electron chi connectivity index (χ3n) is 1.75. The Morgan fingerprint density at radius 2 is 2.00 bits per heavy atom. The van der Waals surface area contributed by atoms with Crippen LogP contribution in [-0.4, -0.2) is 9.55 Å². The van der Waals surface area contributed by atoms with Gasteiger partial charge in [-0.05, 0) is 18.2 Å². The van der Waals surface area contributed by atoms with Gasteiger partial charge in [0.05, 0.1) is 17.4 Å². The largest absolute Gasteiger partial charge is 1.00 e. The van der Waals surface area contributed by atoms with Gasteiger partial charge < -0.3 is 35.1 Å². The van der Waals surface area contributed by atoms with Gasteiger partial charge in [-0.3, -0.25) is 0 Å². The van der Waals surface area contributed by atoms with Crippen LogP contribution in [0.25, 0.3) is 11.0 Å². The van der Waals surface area contributed by atoms with Gasteiger partial charge >= 0.3 is 0 Å². The summed E-state index contributed by atoms with van der Waals surface area (Å²) in [4.78, 5) is 4.16. The number of anilines is 1. The maximum atomic E-state index is 5.58. The Kier molecular flexibility index (Phi) is 4.04. The number of halogens is 2. The Morgan fingerprint density at radius 1 is 1.31 bits per heavy atom. The van der Waals surface area contributed by atoms with Gasteiger partial charge in [0.1, 0.15) is 0 Å². The van der Waals surface area contributed by atoms with Gasteiger partial charge in [-0.2, -0.15) is 0 Å². The maximum Gasteiger partial charge on any atom is 0.0955 e. The molecule has 13 heavy (non-hydrogen) atoms. The number of hydrogen-bond donors (Lipinski definition) is 1. The van der Waals surface area contributed by atoms with Crippen molar-refractivity contribution in [2.45, 2.75) is 0 Å². The molecule has 0 radical (unpaired) electrons. The molecule has 0 saturated heterocycles. The number of imidazole rings is 1. The van der Waals surface area contributed by atoms with Gasteiger partial charge in [-0.25, -0.2) is 4.98 Å². The number of fused-ring (bicyclic) bond motifs is 1. The predicted octanol–water partition coefficient (Wildman–Crippen LogP) is -4.84. The first-order valence-corrected chi connectivity index (χ1v) is 3.44. The lowest BCUT2D eigenvalue weighted by Crippen LogP contribution is -3.00. The first-order valence-electron chi connectivity index (χ1n) is 3.44. The Morgan fingerprint density at radius 3 is 2.69 bits per heavy atom. The summed E-state index contributed by atoms with van der Waals surface area (Å²) in [6, 6.07) is 5.72.